The van der Waals surface area contributed by atoms with Crippen LogP contribution in [-0.4, -0.2) is 0 Å². The van der Waals surface area contributed by atoms with E-state index in [1.807, 2.05) is 48.5 Å². The average Bonchev–Trinajstić information content (AvgIpc) is 3.03. The maximum atomic E-state index is 9.92. The molecule has 0 aromatic heterocycles. The Morgan fingerprint density at radius 3 is 2.19 bits per heavy atom. The third kappa shape index (κ3) is 2.79. The van der Waals surface area contributed by atoms with Gasteiger partial charge in [0.1, 0.15) is 0 Å². The molecular weight excluding hydrogens is 318 g/mol. The highest BCUT2D eigenvalue weighted by Gasteiger charge is 2.49. The topological polar surface area (TPSA) is 71.4 Å². The maximum absolute atomic E-state index is 9.92. The Kier molecular flexibility index (Phi) is 4.70. The summed E-state index contributed by atoms with van der Waals surface area (Å²) in [6.45, 7) is 3.84. The SMILES string of the molecule is C=CCC1=C(c2ccccc2)C(c2ccc(C#N)cc2)C(C#N)(C#N)C1. The predicted molar refractivity (Wildman–Crippen MR) is 100 cm³/mol. The van der Waals surface area contributed by atoms with Gasteiger partial charge in [-0.2, -0.15) is 15.8 Å². The summed E-state index contributed by atoms with van der Waals surface area (Å²) >= 11 is 0. The molecule has 0 saturated carbocycles. The smallest absolute Gasteiger partial charge is 0.158 e. The number of benzene rings is 2. The minimum absolute atomic E-state index is 0.359. The first-order chi connectivity index (χ1) is 12.7. The molecule has 124 valence electrons. The molecule has 1 unspecified atom stereocenters. The molecule has 0 aliphatic heterocycles. The highest BCUT2D eigenvalue weighted by atomic mass is 14.5. The van der Waals surface area contributed by atoms with Gasteiger partial charge in [0.05, 0.1) is 23.8 Å². The van der Waals surface area contributed by atoms with E-state index in [0.29, 0.717) is 18.4 Å². The van der Waals surface area contributed by atoms with Crippen molar-refractivity contribution in [2.75, 3.05) is 0 Å². The van der Waals surface area contributed by atoms with Crippen molar-refractivity contribution in [3.63, 3.8) is 0 Å². The molecule has 3 rings (SSSR count). The normalized spacial score (nSPS) is 17.8. The highest BCUT2D eigenvalue weighted by Crippen LogP contribution is 2.56. The van der Waals surface area contributed by atoms with E-state index in [-0.39, 0.29) is 5.92 Å². The molecule has 2 aromatic rings. The number of rotatable bonds is 4. The van der Waals surface area contributed by atoms with Crippen molar-refractivity contribution in [2.24, 2.45) is 5.41 Å². The van der Waals surface area contributed by atoms with Gasteiger partial charge in [0, 0.05) is 12.3 Å². The summed E-state index contributed by atoms with van der Waals surface area (Å²) in [6.07, 6.45) is 2.86. The van der Waals surface area contributed by atoms with E-state index in [9.17, 15) is 10.5 Å². The molecule has 0 heterocycles. The van der Waals surface area contributed by atoms with Crippen molar-refractivity contribution >= 4 is 5.57 Å². The second-order valence-corrected chi connectivity index (χ2v) is 6.41. The third-order valence-electron chi connectivity index (χ3n) is 4.90. The molecule has 0 saturated heterocycles. The van der Waals surface area contributed by atoms with Crippen LogP contribution < -0.4 is 0 Å². The zero-order chi connectivity index (χ0) is 18.6. The van der Waals surface area contributed by atoms with Gasteiger partial charge in [0.25, 0.3) is 0 Å². The quantitative estimate of drug-likeness (QED) is 0.729. The van der Waals surface area contributed by atoms with Crippen LogP contribution in [0.25, 0.3) is 5.57 Å². The minimum Gasteiger partial charge on any atom is -0.197 e. The van der Waals surface area contributed by atoms with E-state index in [0.717, 1.165) is 22.3 Å². The van der Waals surface area contributed by atoms with Gasteiger partial charge >= 0.3 is 0 Å². The second kappa shape index (κ2) is 7.10. The van der Waals surface area contributed by atoms with Crippen LogP contribution in [0.2, 0.25) is 0 Å². The van der Waals surface area contributed by atoms with Crippen molar-refractivity contribution in [1.29, 1.82) is 15.8 Å². The zero-order valence-electron chi connectivity index (χ0n) is 14.3. The van der Waals surface area contributed by atoms with Crippen LogP contribution in [0.1, 0.15) is 35.4 Å². The van der Waals surface area contributed by atoms with E-state index >= 15 is 0 Å². The number of nitrogens with zero attached hydrogens (tertiary/aromatic N) is 3. The van der Waals surface area contributed by atoms with Gasteiger partial charge in [-0.3, -0.25) is 0 Å². The Balaban J connectivity index is 2.25. The molecule has 1 atom stereocenters. The van der Waals surface area contributed by atoms with Crippen LogP contribution in [-0.2, 0) is 0 Å². The monoisotopic (exact) mass is 335 g/mol. The summed E-state index contributed by atoms with van der Waals surface area (Å²) in [6, 6.07) is 23.8. The molecule has 1 aliphatic carbocycles. The molecular formula is C23H17N3. The van der Waals surface area contributed by atoms with Crippen molar-refractivity contribution in [1.82, 2.24) is 0 Å². The molecule has 1 aliphatic rings. The lowest BCUT2D eigenvalue weighted by Gasteiger charge is -2.25. The summed E-state index contributed by atoms with van der Waals surface area (Å²) in [5.74, 6) is -0.359. The lowest BCUT2D eigenvalue weighted by atomic mass is 9.72. The summed E-state index contributed by atoms with van der Waals surface area (Å²) < 4.78 is 0. The molecule has 0 radical (unpaired) electrons. The lowest BCUT2D eigenvalue weighted by molar-refractivity contribution is 0.501. The molecule has 0 bridgehead atoms. The van der Waals surface area contributed by atoms with Crippen LogP contribution in [0.15, 0.2) is 72.8 Å². The van der Waals surface area contributed by atoms with Crippen LogP contribution in [0, 0.1) is 39.4 Å². The molecule has 0 amide bonds. The van der Waals surface area contributed by atoms with Crippen molar-refractivity contribution < 1.29 is 0 Å². The van der Waals surface area contributed by atoms with Crippen LogP contribution in [0.3, 0.4) is 0 Å². The fourth-order valence-electron chi connectivity index (χ4n) is 3.76. The van der Waals surface area contributed by atoms with Gasteiger partial charge < -0.3 is 0 Å². The predicted octanol–water partition coefficient (Wildman–Crippen LogP) is 5.11. The largest absolute Gasteiger partial charge is 0.197 e. The minimum atomic E-state index is -1.16. The number of hydrogen-bond donors (Lipinski definition) is 0. The number of nitriles is 3. The fraction of sp³-hybridized carbons (Fsp3) is 0.174. The first-order valence-electron chi connectivity index (χ1n) is 8.40. The van der Waals surface area contributed by atoms with Crippen molar-refractivity contribution in [2.45, 2.75) is 18.8 Å². The third-order valence-corrected chi connectivity index (χ3v) is 4.90. The van der Waals surface area contributed by atoms with Gasteiger partial charge in [-0.1, -0.05) is 54.1 Å². The van der Waals surface area contributed by atoms with E-state index in [1.54, 1.807) is 12.1 Å². The van der Waals surface area contributed by atoms with Gasteiger partial charge in [-0.05, 0) is 35.3 Å². The highest BCUT2D eigenvalue weighted by molar-refractivity contribution is 5.80. The van der Waals surface area contributed by atoms with E-state index in [4.69, 9.17) is 5.26 Å². The Morgan fingerprint density at radius 1 is 1.00 bits per heavy atom. The van der Waals surface area contributed by atoms with Gasteiger partial charge in [0.15, 0.2) is 5.41 Å². The maximum Gasteiger partial charge on any atom is 0.158 e. The molecule has 0 spiro atoms. The molecule has 3 nitrogen and oxygen atoms in total. The van der Waals surface area contributed by atoms with E-state index in [1.165, 1.54) is 0 Å². The molecule has 26 heavy (non-hydrogen) atoms. The second-order valence-electron chi connectivity index (χ2n) is 6.41. The fourth-order valence-corrected chi connectivity index (χ4v) is 3.76. The first kappa shape index (κ1) is 17.2. The Morgan fingerprint density at radius 2 is 1.65 bits per heavy atom. The zero-order valence-corrected chi connectivity index (χ0v) is 14.3. The summed E-state index contributed by atoms with van der Waals surface area (Å²) in [7, 11) is 0. The summed E-state index contributed by atoms with van der Waals surface area (Å²) in [4.78, 5) is 0. The molecule has 2 aromatic carbocycles. The first-order valence-corrected chi connectivity index (χ1v) is 8.40. The standard InChI is InChI=1S/C23H17N3/c1-2-6-20-13-23(15-25,16-26)22(19-11-9-17(14-24)10-12-19)21(20)18-7-4-3-5-8-18/h2-5,7-12,22H,1,6,13H2. The molecule has 3 heteroatoms. The Hall–Kier alpha value is -3.61. The average molecular weight is 335 g/mol. The Bertz CT molecular complexity index is 963. The van der Waals surface area contributed by atoms with Gasteiger partial charge in [-0.15, -0.1) is 6.58 Å². The van der Waals surface area contributed by atoms with Gasteiger partial charge in [-0.25, -0.2) is 0 Å². The van der Waals surface area contributed by atoms with Gasteiger partial charge in [0.2, 0.25) is 0 Å². The van der Waals surface area contributed by atoms with Crippen molar-refractivity contribution in [3.8, 4) is 18.2 Å². The molecule has 0 fully saturated rings. The summed E-state index contributed by atoms with van der Waals surface area (Å²) in [5.41, 5.74) is 3.40. The summed E-state index contributed by atoms with van der Waals surface area (Å²) in [5, 5.41) is 28.9. The van der Waals surface area contributed by atoms with E-state index in [2.05, 4.69) is 24.8 Å². The number of hydrogen-bond acceptors (Lipinski definition) is 3. The molecule has 0 N–H and O–H groups in total. The van der Waals surface area contributed by atoms with E-state index < -0.39 is 5.41 Å². The van der Waals surface area contributed by atoms with Crippen LogP contribution in [0.5, 0.6) is 0 Å². The lowest BCUT2D eigenvalue weighted by Crippen LogP contribution is -2.22. The number of allylic oxidation sites excluding steroid dienone is 3. The Labute approximate surface area is 153 Å². The van der Waals surface area contributed by atoms with Crippen molar-refractivity contribution in [3.05, 3.63) is 89.5 Å². The van der Waals surface area contributed by atoms with Crippen LogP contribution in [0.4, 0.5) is 0 Å². The van der Waals surface area contributed by atoms with Crippen LogP contribution >= 0.6 is 0 Å².